The van der Waals surface area contributed by atoms with E-state index in [1.807, 2.05) is 24.3 Å². The first-order valence-corrected chi connectivity index (χ1v) is 8.52. The predicted molar refractivity (Wildman–Crippen MR) is 89.4 cm³/mol. The van der Waals surface area contributed by atoms with E-state index in [0.29, 0.717) is 6.10 Å². The van der Waals surface area contributed by atoms with Gasteiger partial charge in [0.1, 0.15) is 0 Å². The SMILES string of the molecule is CO[C@H]1CC[C@H](C(=O)Nc2ccc(C3CNCCO3)cc2)CC1. The fourth-order valence-electron chi connectivity index (χ4n) is 3.37. The third-order valence-electron chi connectivity index (χ3n) is 4.86. The van der Waals surface area contributed by atoms with Crippen molar-refractivity contribution in [2.75, 3.05) is 32.1 Å². The third kappa shape index (κ3) is 4.31. The van der Waals surface area contributed by atoms with Gasteiger partial charge in [-0.15, -0.1) is 0 Å². The summed E-state index contributed by atoms with van der Waals surface area (Å²) in [4.78, 5) is 12.4. The average molecular weight is 318 g/mol. The van der Waals surface area contributed by atoms with Crippen LogP contribution in [0.2, 0.25) is 0 Å². The van der Waals surface area contributed by atoms with Gasteiger partial charge < -0.3 is 20.1 Å². The summed E-state index contributed by atoms with van der Waals surface area (Å²) in [6.07, 6.45) is 4.19. The largest absolute Gasteiger partial charge is 0.381 e. The Morgan fingerprint density at radius 1 is 1.22 bits per heavy atom. The topological polar surface area (TPSA) is 59.6 Å². The second-order valence-corrected chi connectivity index (χ2v) is 6.38. The lowest BCUT2D eigenvalue weighted by atomic mass is 9.87. The summed E-state index contributed by atoms with van der Waals surface area (Å²) >= 11 is 0. The molecule has 23 heavy (non-hydrogen) atoms. The Morgan fingerprint density at radius 2 is 1.96 bits per heavy atom. The molecule has 5 nitrogen and oxygen atoms in total. The van der Waals surface area contributed by atoms with Crippen LogP contribution in [0.5, 0.6) is 0 Å². The van der Waals surface area contributed by atoms with Crippen molar-refractivity contribution in [2.24, 2.45) is 5.92 Å². The molecule has 1 aliphatic heterocycles. The first kappa shape index (κ1) is 16.4. The van der Waals surface area contributed by atoms with Crippen molar-refractivity contribution in [3.8, 4) is 0 Å². The van der Waals surface area contributed by atoms with Gasteiger partial charge in [0.2, 0.25) is 5.91 Å². The molecule has 2 N–H and O–H groups in total. The van der Waals surface area contributed by atoms with Gasteiger partial charge in [-0.05, 0) is 43.4 Å². The summed E-state index contributed by atoms with van der Waals surface area (Å²) in [7, 11) is 1.75. The zero-order valence-electron chi connectivity index (χ0n) is 13.7. The summed E-state index contributed by atoms with van der Waals surface area (Å²) in [5.74, 6) is 0.231. The molecule has 1 atom stereocenters. The Morgan fingerprint density at radius 3 is 2.57 bits per heavy atom. The van der Waals surface area contributed by atoms with Gasteiger partial charge in [0.25, 0.3) is 0 Å². The smallest absolute Gasteiger partial charge is 0.227 e. The number of methoxy groups -OCH3 is 1. The molecule has 2 aliphatic rings. The summed E-state index contributed by atoms with van der Waals surface area (Å²) in [5, 5.41) is 6.36. The molecule has 3 rings (SSSR count). The minimum absolute atomic E-state index is 0.104. The zero-order chi connectivity index (χ0) is 16.1. The third-order valence-corrected chi connectivity index (χ3v) is 4.86. The highest BCUT2D eigenvalue weighted by Gasteiger charge is 2.26. The number of nitrogens with one attached hydrogen (secondary N) is 2. The monoisotopic (exact) mass is 318 g/mol. The average Bonchev–Trinajstić information content (AvgIpc) is 2.63. The molecule has 2 fully saturated rings. The standard InChI is InChI=1S/C18H26N2O3/c1-22-16-8-4-14(5-9-16)18(21)20-15-6-2-13(3-7-15)17-12-19-10-11-23-17/h2-3,6-7,14,16-17,19H,4-5,8-12H2,1H3,(H,20,21)/t14-,16-,17?. The van der Waals surface area contributed by atoms with Gasteiger partial charge in [0.15, 0.2) is 0 Å². The van der Waals surface area contributed by atoms with Crippen LogP contribution in [0.3, 0.4) is 0 Å². The molecule has 0 radical (unpaired) electrons. The fraction of sp³-hybridized carbons (Fsp3) is 0.611. The van der Waals surface area contributed by atoms with Crippen molar-refractivity contribution in [1.29, 1.82) is 0 Å². The molecular weight excluding hydrogens is 292 g/mol. The zero-order valence-corrected chi connectivity index (χ0v) is 13.7. The number of rotatable bonds is 4. The van der Waals surface area contributed by atoms with E-state index in [-0.39, 0.29) is 17.9 Å². The number of carbonyl (C=O) groups is 1. The van der Waals surface area contributed by atoms with E-state index < -0.39 is 0 Å². The summed E-state index contributed by atoms with van der Waals surface area (Å²) in [5.41, 5.74) is 2.01. The van der Waals surface area contributed by atoms with Crippen molar-refractivity contribution < 1.29 is 14.3 Å². The lowest BCUT2D eigenvalue weighted by Gasteiger charge is -2.27. The number of hydrogen-bond donors (Lipinski definition) is 2. The molecule has 0 aromatic heterocycles. The van der Waals surface area contributed by atoms with Crippen molar-refractivity contribution >= 4 is 11.6 Å². The maximum atomic E-state index is 12.4. The first-order chi connectivity index (χ1) is 11.3. The first-order valence-electron chi connectivity index (χ1n) is 8.52. The van der Waals surface area contributed by atoms with E-state index in [4.69, 9.17) is 9.47 Å². The highest BCUT2D eigenvalue weighted by Crippen LogP contribution is 2.27. The van der Waals surface area contributed by atoms with Crippen molar-refractivity contribution in [1.82, 2.24) is 5.32 Å². The van der Waals surface area contributed by atoms with E-state index >= 15 is 0 Å². The Bertz CT molecular complexity index is 504. The van der Waals surface area contributed by atoms with Crippen LogP contribution in [0, 0.1) is 5.92 Å². The molecule has 1 amide bonds. The van der Waals surface area contributed by atoms with Gasteiger partial charge in [-0.1, -0.05) is 12.1 Å². The lowest BCUT2D eigenvalue weighted by Crippen LogP contribution is -2.33. The number of ether oxygens (including phenoxy) is 2. The second kappa shape index (κ2) is 7.90. The maximum Gasteiger partial charge on any atom is 0.227 e. The van der Waals surface area contributed by atoms with E-state index in [9.17, 15) is 4.79 Å². The van der Waals surface area contributed by atoms with Crippen molar-refractivity contribution in [3.05, 3.63) is 29.8 Å². The van der Waals surface area contributed by atoms with Crippen molar-refractivity contribution in [3.63, 3.8) is 0 Å². The molecule has 1 heterocycles. The van der Waals surface area contributed by atoms with Crippen LogP contribution in [-0.2, 0) is 14.3 Å². The van der Waals surface area contributed by atoms with E-state index in [2.05, 4.69) is 10.6 Å². The fourth-order valence-corrected chi connectivity index (χ4v) is 3.37. The number of amides is 1. The molecule has 0 spiro atoms. The van der Waals surface area contributed by atoms with Crippen LogP contribution < -0.4 is 10.6 Å². The van der Waals surface area contributed by atoms with Crippen LogP contribution >= 0.6 is 0 Å². The van der Waals surface area contributed by atoms with Crippen molar-refractivity contribution in [2.45, 2.75) is 37.9 Å². The molecule has 1 aromatic carbocycles. The Balaban J connectivity index is 1.52. The van der Waals surface area contributed by atoms with Crippen LogP contribution in [-0.4, -0.2) is 38.8 Å². The van der Waals surface area contributed by atoms with Crippen LogP contribution in [0.4, 0.5) is 5.69 Å². The lowest BCUT2D eigenvalue weighted by molar-refractivity contribution is -0.121. The molecule has 5 heteroatoms. The molecule has 1 unspecified atom stereocenters. The predicted octanol–water partition coefficient (Wildman–Crippen LogP) is 2.49. The Hall–Kier alpha value is -1.43. The van der Waals surface area contributed by atoms with E-state index in [1.54, 1.807) is 7.11 Å². The number of benzene rings is 1. The van der Waals surface area contributed by atoms with Crippen LogP contribution in [0.25, 0.3) is 0 Å². The number of carbonyl (C=O) groups excluding carboxylic acids is 1. The summed E-state index contributed by atoms with van der Waals surface area (Å²) < 4.78 is 11.1. The summed E-state index contributed by atoms with van der Waals surface area (Å²) in [6, 6.07) is 8.00. The van der Waals surface area contributed by atoms with Gasteiger partial charge in [-0.2, -0.15) is 0 Å². The normalized spacial score (nSPS) is 28.3. The number of anilines is 1. The molecule has 1 saturated carbocycles. The molecule has 126 valence electrons. The number of morpholine rings is 1. The molecule has 0 bridgehead atoms. The van der Waals surface area contributed by atoms with Gasteiger partial charge >= 0.3 is 0 Å². The highest BCUT2D eigenvalue weighted by molar-refractivity contribution is 5.92. The molecule has 1 aliphatic carbocycles. The minimum Gasteiger partial charge on any atom is -0.381 e. The molecular formula is C18H26N2O3. The molecule has 1 saturated heterocycles. The van der Waals surface area contributed by atoms with E-state index in [0.717, 1.165) is 56.6 Å². The van der Waals surface area contributed by atoms with Gasteiger partial charge in [-0.25, -0.2) is 0 Å². The van der Waals surface area contributed by atoms with Crippen LogP contribution in [0.1, 0.15) is 37.4 Å². The number of hydrogen-bond acceptors (Lipinski definition) is 4. The van der Waals surface area contributed by atoms with Gasteiger partial charge in [-0.3, -0.25) is 4.79 Å². The quantitative estimate of drug-likeness (QED) is 0.895. The van der Waals surface area contributed by atoms with E-state index in [1.165, 1.54) is 0 Å². The molecule has 1 aromatic rings. The Labute approximate surface area is 137 Å². The Kier molecular flexibility index (Phi) is 5.65. The van der Waals surface area contributed by atoms with Gasteiger partial charge in [0, 0.05) is 31.8 Å². The minimum atomic E-state index is 0.104. The van der Waals surface area contributed by atoms with Gasteiger partial charge in [0.05, 0.1) is 18.8 Å². The van der Waals surface area contributed by atoms with Crippen LogP contribution in [0.15, 0.2) is 24.3 Å². The maximum absolute atomic E-state index is 12.4. The highest BCUT2D eigenvalue weighted by atomic mass is 16.5. The summed E-state index contributed by atoms with van der Waals surface area (Å²) in [6.45, 7) is 2.50. The second-order valence-electron chi connectivity index (χ2n) is 6.38.